The van der Waals surface area contributed by atoms with E-state index in [2.05, 4.69) is 46.5 Å². The third-order valence-corrected chi connectivity index (χ3v) is 12.3. The molecular formula is C22H35NO3SSi. The Morgan fingerprint density at radius 3 is 2.43 bits per heavy atom. The van der Waals surface area contributed by atoms with Crippen molar-refractivity contribution in [3.05, 3.63) is 54.6 Å². The molecule has 1 heterocycles. The first kappa shape index (κ1) is 23.1. The van der Waals surface area contributed by atoms with E-state index < -0.39 is 18.3 Å². The van der Waals surface area contributed by atoms with Gasteiger partial charge in [-0.25, -0.2) is 8.42 Å². The summed E-state index contributed by atoms with van der Waals surface area (Å²) in [6, 6.07) is 6.84. The highest BCUT2D eigenvalue weighted by Crippen LogP contribution is 2.38. The summed E-state index contributed by atoms with van der Waals surface area (Å²) in [6.45, 7) is 17.4. The molecule has 1 aromatic rings. The second-order valence-corrected chi connectivity index (χ2v) is 15.7. The minimum Gasteiger partial charge on any atom is -0.410 e. The summed E-state index contributed by atoms with van der Waals surface area (Å²) in [4.78, 5) is 0.346. The quantitative estimate of drug-likeness (QED) is 0.444. The van der Waals surface area contributed by atoms with Gasteiger partial charge in [0, 0.05) is 12.6 Å². The van der Waals surface area contributed by atoms with Crippen LogP contribution in [0.4, 0.5) is 0 Å². The highest BCUT2D eigenvalue weighted by molar-refractivity contribution is 7.89. The largest absolute Gasteiger partial charge is 0.410 e. The van der Waals surface area contributed by atoms with E-state index in [-0.39, 0.29) is 17.2 Å². The molecule has 1 aliphatic heterocycles. The van der Waals surface area contributed by atoms with E-state index in [1.54, 1.807) is 16.4 Å². The second kappa shape index (κ2) is 8.65. The van der Waals surface area contributed by atoms with Crippen molar-refractivity contribution in [3.8, 4) is 0 Å². The molecule has 0 aromatic heterocycles. The zero-order valence-electron chi connectivity index (χ0n) is 18.1. The molecule has 1 aliphatic rings. The van der Waals surface area contributed by atoms with Gasteiger partial charge < -0.3 is 4.43 Å². The van der Waals surface area contributed by atoms with Gasteiger partial charge in [0.25, 0.3) is 0 Å². The molecule has 0 unspecified atom stereocenters. The summed E-state index contributed by atoms with van der Waals surface area (Å²) in [5.41, 5.74) is 1.04. The van der Waals surface area contributed by atoms with Crippen LogP contribution in [0.1, 0.15) is 39.2 Å². The fourth-order valence-electron chi connectivity index (χ4n) is 3.04. The number of hydrogen-bond acceptors (Lipinski definition) is 3. The number of aryl methyl sites for hydroxylation is 1. The molecule has 2 rings (SSSR count). The highest BCUT2D eigenvalue weighted by atomic mass is 32.2. The number of benzene rings is 1. The standard InChI is InChI=1S/C22H35NO3SSi/c1-8-20(26-28(6,7)22(3,4)5)17-19-11-9-10-16-23(19)27(24,25)21-14-12-18(2)13-15-21/h8-9,11-15,19-20H,1,10,16-17H2,2-7H3/t19-,20-/m0/s1. The molecule has 156 valence electrons. The first-order valence-corrected chi connectivity index (χ1v) is 14.3. The van der Waals surface area contributed by atoms with E-state index in [1.165, 1.54) is 0 Å². The van der Waals surface area contributed by atoms with E-state index in [4.69, 9.17) is 4.43 Å². The van der Waals surface area contributed by atoms with Crippen LogP contribution in [0, 0.1) is 6.92 Å². The van der Waals surface area contributed by atoms with Crippen molar-refractivity contribution in [1.82, 2.24) is 4.31 Å². The van der Waals surface area contributed by atoms with Gasteiger partial charge in [-0.3, -0.25) is 0 Å². The topological polar surface area (TPSA) is 46.6 Å². The van der Waals surface area contributed by atoms with E-state index in [0.717, 1.165) is 12.0 Å². The molecule has 0 amide bonds. The minimum absolute atomic E-state index is 0.0876. The Hall–Kier alpha value is -1.21. The van der Waals surface area contributed by atoms with Gasteiger partial charge >= 0.3 is 0 Å². The maximum absolute atomic E-state index is 13.3. The highest BCUT2D eigenvalue weighted by Gasteiger charge is 2.40. The number of rotatable bonds is 7. The van der Waals surface area contributed by atoms with E-state index >= 15 is 0 Å². The number of sulfonamides is 1. The Kier molecular flexibility index (Phi) is 7.13. The third kappa shape index (κ3) is 5.23. The molecule has 4 nitrogen and oxygen atoms in total. The van der Waals surface area contributed by atoms with Gasteiger partial charge in [0.05, 0.1) is 11.0 Å². The Balaban J connectivity index is 2.24. The van der Waals surface area contributed by atoms with Crippen molar-refractivity contribution < 1.29 is 12.8 Å². The van der Waals surface area contributed by atoms with Gasteiger partial charge in [-0.05, 0) is 50.0 Å². The average molecular weight is 422 g/mol. The summed E-state index contributed by atoms with van der Waals surface area (Å²) in [5.74, 6) is 0. The zero-order valence-corrected chi connectivity index (χ0v) is 19.9. The van der Waals surface area contributed by atoms with Crippen LogP contribution in [0.15, 0.2) is 54.0 Å². The lowest BCUT2D eigenvalue weighted by Crippen LogP contribution is -2.47. The molecule has 0 saturated carbocycles. The molecule has 0 N–H and O–H groups in total. The predicted octanol–water partition coefficient (Wildman–Crippen LogP) is 5.28. The minimum atomic E-state index is -3.55. The molecular weight excluding hydrogens is 386 g/mol. The van der Waals surface area contributed by atoms with Gasteiger partial charge in [-0.1, -0.05) is 56.7 Å². The van der Waals surface area contributed by atoms with E-state index in [9.17, 15) is 8.42 Å². The normalized spacial score (nSPS) is 20.1. The lowest BCUT2D eigenvalue weighted by atomic mass is 10.1. The monoisotopic (exact) mass is 421 g/mol. The van der Waals surface area contributed by atoms with Crippen LogP contribution in [-0.2, 0) is 14.4 Å². The van der Waals surface area contributed by atoms with Crippen molar-refractivity contribution in [3.63, 3.8) is 0 Å². The molecule has 0 aliphatic carbocycles. The van der Waals surface area contributed by atoms with Crippen molar-refractivity contribution in [2.45, 2.75) is 75.7 Å². The molecule has 6 heteroatoms. The Labute approximate surface area is 172 Å². The van der Waals surface area contributed by atoms with Gasteiger partial charge in [0.15, 0.2) is 8.32 Å². The molecule has 1 aromatic carbocycles. The van der Waals surface area contributed by atoms with Crippen LogP contribution in [0.25, 0.3) is 0 Å². The van der Waals surface area contributed by atoms with E-state index in [0.29, 0.717) is 17.9 Å². The third-order valence-electron chi connectivity index (χ3n) is 5.86. The van der Waals surface area contributed by atoms with Crippen LogP contribution < -0.4 is 0 Å². The summed E-state index contributed by atoms with van der Waals surface area (Å²) in [7, 11) is -5.53. The van der Waals surface area contributed by atoms with Crippen LogP contribution in [0.2, 0.25) is 18.1 Å². The van der Waals surface area contributed by atoms with Crippen molar-refractivity contribution in [2.24, 2.45) is 0 Å². The van der Waals surface area contributed by atoms with Crippen molar-refractivity contribution in [1.29, 1.82) is 0 Å². The first-order valence-electron chi connectivity index (χ1n) is 9.94. The molecule has 0 radical (unpaired) electrons. The fraction of sp³-hybridized carbons (Fsp3) is 0.545. The first-order chi connectivity index (χ1) is 12.9. The number of hydrogen-bond donors (Lipinski definition) is 0. The SMILES string of the molecule is C=C[C@@H](C[C@@H]1C=CCCN1S(=O)(=O)c1ccc(C)cc1)O[Si](C)(C)C(C)(C)C. The summed E-state index contributed by atoms with van der Waals surface area (Å²) < 4.78 is 34.6. The van der Waals surface area contributed by atoms with Gasteiger partial charge in [0.2, 0.25) is 10.0 Å². The van der Waals surface area contributed by atoms with Crippen LogP contribution >= 0.6 is 0 Å². The van der Waals surface area contributed by atoms with Gasteiger partial charge in [0.1, 0.15) is 0 Å². The predicted molar refractivity (Wildman–Crippen MR) is 119 cm³/mol. The van der Waals surface area contributed by atoms with Crippen molar-refractivity contribution >= 4 is 18.3 Å². The molecule has 2 atom stereocenters. The Bertz CT molecular complexity index is 807. The second-order valence-electron chi connectivity index (χ2n) is 9.10. The smallest absolute Gasteiger partial charge is 0.243 e. The molecule has 0 bridgehead atoms. The molecule has 0 saturated heterocycles. The van der Waals surface area contributed by atoms with Gasteiger partial charge in [-0.2, -0.15) is 4.31 Å². The molecule has 0 spiro atoms. The Morgan fingerprint density at radius 2 is 1.89 bits per heavy atom. The maximum Gasteiger partial charge on any atom is 0.243 e. The number of nitrogens with zero attached hydrogens (tertiary/aromatic N) is 1. The summed E-state index contributed by atoms with van der Waals surface area (Å²) >= 11 is 0. The average Bonchev–Trinajstić information content (AvgIpc) is 2.60. The zero-order chi connectivity index (χ0) is 21.2. The fourth-order valence-corrected chi connectivity index (χ4v) is 5.96. The van der Waals surface area contributed by atoms with Crippen LogP contribution in [-0.4, -0.2) is 39.7 Å². The Morgan fingerprint density at radius 1 is 1.29 bits per heavy atom. The lowest BCUT2D eigenvalue weighted by Gasteiger charge is -2.40. The maximum atomic E-state index is 13.3. The summed E-state index contributed by atoms with van der Waals surface area (Å²) in [5, 5.41) is 0.0876. The van der Waals surface area contributed by atoms with E-state index in [1.807, 2.05) is 31.2 Å². The summed E-state index contributed by atoms with van der Waals surface area (Å²) in [6.07, 6.45) is 7.02. The lowest BCUT2D eigenvalue weighted by molar-refractivity contribution is 0.186. The van der Waals surface area contributed by atoms with Gasteiger partial charge in [-0.15, -0.1) is 6.58 Å². The van der Waals surface area contributed by atoms with Crippen LogP contribution in [0.3, 0.4) is 0 Å². The molecule has 0 fully saturated rings. The molecule has 28 heavy (non-hydrogen) atoms. The van der Waals surface area contributed by atoms with Crippen molar-refractivity contribution in [2.75, 3.05) is 6.54 Å². The van der Waals surface area contributed by atoms with Crippen LogP contribution in [0.5, 0.6) is 0 Å².